The predicted molar refractivity (Wildman–Crippen MR) is 68.4 cm³/mol. The Kier molecular flexibility index (Phi) is 5.78. The SMILES string of the molecule is C[C@@H](O)[C@H](NC(=O)CSc1ccc(F)cc1)C(=O)O. The second kappa shape index (κ2) is 7.10. The zero-order valence-corrected chi connectivity index (χ0v) is 11.0. The number of carboxylic acids is 1. The molecule has 1 aromatic carbocycles. The molecule has 0 fully saturated rings. The number of aliphatic hydroxyl groups is 1. The molecule has 1 aromatic rings. The molecule has 0 saturated heterocycles. The number of amides is 1. The highest BCUT2D eigenvalue weighted by molar-refractivity contribution is 8.00. The minimum atomic E-state index is -1.33. The Labute approximate surface area is 113 Å². The van der Waals surface area contributed by atoms with E-state index in [-0.39, 0.29) is 11.6 Å². The first-order valence-corrected chi connectivity index (χ1v) is 6.47. The number of carbonyl (C=O) groups excluding carboxylic acids is 1. The summed E-state index contributed by atoms with van der Waals surface area (Å²) in [5, 5.41) is 20.2. The molecule has 3 N–H and O–H groups in total. The summed E-state index contributed by atoms with van der Waals surface area (Å²) in [6.07, 6.45) is -1.18. The Morgan fingerprint density at radius 3 is 2.42 bits per heavy atom. The Morgan fingerprint density at radius 1 is 1.37 bits per heavy atom. The van der Waals surface area contributed by atoms with Gasteiger partial charge in [0.25, 0.3) is 0 Å². The fourth-order valence-electron chi connectivity index (χ4n) is 1.28. The van der Waals surface area contributed by atoms with Crippen molar-refractivity contribution in [2.45, 2.75) is 24.0 Å². The summed E-state index contributed by atoms with van der Waals surface area (Å²) in [6.45, 7) is 1.28. The molecule has 2 atom stereocenters. The lowest BCUT2D eigenvalue weighted by Crippen LogP contribution is -2.48. The molecular formula is C12H14FNO4S. The van der Waals surface area contributed by atoms with Gasteiger partial charge in [-0.2, -0.15) is 0 Å². The van der Waals surface area contributed by atoms with Gasteiger partial charge in [0.05, 0.1) is 11.9 Å². The summed E-state index contributed by atoms with van der Waals surface area (Å²) in [5.74, 6) is -2.19. The van der Waals surface area contributed by atoms with Crippen LogP contribution < -0.4 is 5.32 Å². The second-order valence-electron chi connectivity index (χ2n) is 3.87. The molecule has 1 rings (SSSR count). The number of carboxylic acid groups (broad SMARTS) is 1. The van der Waals surface area contributed by atoms with Crippen molar-refractivity contribution in [1.82, 2.24) is 5.32 Å². The normalized spacial score (nSPS) is 13.6. The van der Waals surface area contributed by atoms with Gasteiger partial charge in [-0.3, -0.25) is 4.79 Å². The van der Waals surface area contributed by atoms with Crippen molar-refractivity contribution in [2.24, 2.45) is 0 Å². The summed E-state index contributed by atoms with van der Waals surface area (Å²) in [7, 11) is 0. The van der Waals surface area contributed by atoms with E-state index in [1.165, 1.54) is 31.2 Å². The third-order valence-electron chi connectivity index (χ3n) is 2.25. The Bertz CT molecular complexity index is 450. The standard InChI is InChI=1S/C12H14FNO4S/c1-7(15)11(12(17)18)14-10(16)6-19-9-4-2-8(13)3-5-9/h2-5,7,11,15H,6H2,1H3,(H,14,16)(H,17,18)/t7-,11+/m1/s1. The highest BCUT2D eigenvalue weighted by Crippen LogP contribution is 2.17. The molecule has 19 heavy (non-hydrogen) atoms. The maximum absolute atomic E-state index is 12.7. The number of aliphatic carboxylic acids is 1. The average molecular weight is 287 g/mol. The van der Waals surface area contributed by atoms with Gasteiger partial charge in [-0.15, -0.1) is 11.8 Å². The highest BCUT2D eigenvalue weighted by atomic mass is 32.2. The van der Waals surface area contributed by atoms with E-state index < -0.39 is 24.0 Å². The number of hydrogen-bond acceptors (Lipinski definition) is 4. The largest absolute Gasteiger partial charge is 0.480 e. The predicted octanol–water partition coefficient (Wildman–Crippen LogP) is 0.868. The first-order chi connectivity index (χ1) is 8.90. The van der Waals surface area contributed by atoms with Gasteiger partial charge >= 0.3 is 5.97 Å². The molecule has 0 radical (unpaired) electrons. The van der Waals surface area contributed by atoms with Crippen LogP contribution in [-0.4, -0.2) is 40.0 Å². The van der Waals surface area contributed by atoms with Gasteiger partial charge in [0.1, 0.15) is 5.82 Å². The van der Waals surface area contributed by atoms with Gasteiger partial charge in [-0.1, -0.05) is 0 Å². The van der Waals surface area contributed by atoms with Crippen molar-refractivity contribution in [3.05, 3.63) is 30.1 Å². The molecule has 0 saturated carbocycles. The number of rotatable bonds is 6. The van der Waals surface area contributed by atoms with Crippen molar-refractivity contribution in [3.63, 3.8) is 0 Å². The molecular weight excluding hydrogens is 273 g/mol. The molecule has 104 valence electrons. The minimum Gasteiger partial charge on any atom is -0.480 e. The van der Waals surface area contributed by atoms with Crippen LogP contribution in [0.5, 0.6) is 0 Å². The minimum absolute atomic E-state index is 0.0118. The van der Waals surface area contributed by atoms with Crippen LogP contribution in [0, 0.1) is 5.82 Å². The number of hydrogen-bond donors (Lipinski definition) is 3. The van der Waals surface area contributed by atoms with Gasteiger partial charge in [-0.05, 0) is 31.2 Å². The van der Waals surface area contributed by atoms with Crippen LogP contribution in [0.1, 0.15) is 6.92 Å². The summed E-state index contributed by atoms with van der Waals surface area (Å²) < 4.78 is 12.7. The Balaban J connectivity index is 2.47. The van der Waals surface area contributed by atoms with Crippen LogP contribution in [-0.2, 0) is 9.59 Å². The second-order valence-corrected chi connectivity index (χ2v) is 4.92. The van der Waals surface area contributed by atoms with Crippen molar-refractivity contribution in [1.29, 1.82) is 0 Å². The number of carbonyl (C=O) groups is 2. The van der Waals surface area contributed by atoms with Gasteiger partial charge < -0.3 is 15.5 Å². The first-order valence-electron chi connectivity index (χ1n) is 5.48. The lowest BCUT2D eigenvalue weighted by Gasteiger charge is -2.16. The molecule has 0 bridgehead atoms. The number of halogens is 1. The van der Waals surface area contributed by atoms with Crippen molar-refractivity contribution in [3.8, 4) is 0 Å². The molecule has 7 heteroatoms. The molecule has 1 amide bonds. The van der Waals surface area contributed by atoms with Crippen LogP contribution in [0.15, 0.2) is 29.2 Å². The summed E-state index contributed by atoms with van der Waals surface area (Å²) >= 11 is 1.15. The zero-order chi connectivity index (χ0) is 14.4. The van der Waals surface area contributed by atoms with E-state index in [0.29, 0.717) is 4.90 Å². The van der Waals surface area contributed by atoms with Gasteiger partial charge in [-0.25, -0.2) is 9.18 Å². The molecule has 0 spiro atoms. The van der Waals surface area contributed by atoms with Crippen molar-refractivity contribution in [2.75, 3.05) is 5.75 Å². The third kappa shape index (κ3) is 5.27. The van der Waals surface area contributed by atoms with E-state index in [0.717, 1.165) is 11.8 Å². The fraction of sp³-hybridized carbons (Fsp3) is 0.333. The van der Waals surface area contributed by atoms with Crippen molar-refractivity contribution < 1.29 is 24.2 Å². The molecule has 0 aliphatic carbocycles. The smallest absolute Gasteiger partial charge is 0.328 e. The Morgan fingerprint density at radius 2 is 1.95 bits per heavy atom. The fourth-order valence-corrected chi connectivity index (χ4v) is 1.99. The average Bonchev–Trinajstić information content (AvgIpc) is 2.34. The highest BCUT2D eigenvalue weighted by Gasteiger charge is 2.24. The maximum atomic E-state index is 12.7. The number of nitrogens with one attached hydrogen (secondary N) is 1. The van der Waals surface area contributed by atoms with Crippen LogP contribution >= 0.6 is 11.8 Å². The van der Waals surface area contributed by atoms with E-state index in [9.17, 15) is 19.1 Å². The van der Waals surface area contributed by atoms with E-state index in [2.05, 4.69) is 5.32 Å². The van der Waals surface area contributed by atoms with E-state index >= 15 is 0 Å². The molecule has 0 aliphatic heterocycles. The number of aliphatic hydroxyl groups excluding tert-OH is 1. The van der Waals surface area contributed by atoms with E-state index in [4.69, 9.17) is 5.11 Å². The molecule has 0 unspecified atom stereocenters. The summed E-state index contributed by atoms with van der Waals surface area (Å²) in [6, 6.07) is 4.26. The van der Waals surface area contributed by atoms with E-state index in [1.807, 2.05) is 0 Å². The summed E-state index contributed by atoms with van der Waals surface area (Å²) in [5.41, 5.74) is 0. The molecule has 5 nitrogen and oxygen atoms in total. The summed E-state index contributed by atoms with van der Waals surface area (Å²) in [4.78, 5) is 23.0. The number of thioether (sulfide) groups is 1. The number of benzene rings is 1. The van der Waals surface area contributed by atoms with Crippen LogP contribution in [0.25, 0.3) is 0 Å². The van der Waals surface area contributed by atoms with Gasteiger partial charge in [0.15, 0.2) is 6.04 Å². The topological polar surface area (TPSA) is 86.6 Å². The maximum Gasteiger partial charge on any atom is 0.328 e. The quantitative estimate of drug-likeness (QED) is 0.676. The molecule has 0 aliphatic rings. The van der Waals surface area contributed by atoms with Crippen LogP contribution in [0.4, 0.5) is 4.39 Å². The van der Waals surface area contributed by atoms with Gasteiger partial charge in [0, 0.05) is 4.90 Å². The lowest BCUT2D eigenvalue weighted by molar-refractivity contribution is -0.144. The Hall–Kier alpha value is -1.60. The zero-order valence-electron chi connectivity index (χ0n) is 10.2. The van der Waals surface area contributed by atoms with Crippen molar-refractivity contribution >= 4 is 23.6 Å². The first kappa shape index (κ1) is 15.5. The molecule has 0 aromatic heterocycles. The monoisotopic (exact) mass is 287 g/mol. The lowest BCUT2D eigenvalue weighted by atomic mass is 10.2. The van der Waals surface area contributed by atoms with E-state index in [1.54, 1.807) is 0 Å². The van der Waals surface area contributed by atoms with Crippen LogP contribution in [0.2, 0.25) is 0 Å². The van der Waals surface area contributed by atoms with Gasteiger partial charge in [0.2, 0.25) is 5.91 Å². The third-order valence-corrected chi connectivity index (χ3v) is 3.26. The molecule has 0 heterocycles. The van der Waals surface area contributed by atoms with Crippen LogP contribution in [0.3, 0.4) is 0 Å².